The van der Waals surface area contributed by atoms with Gasteiger partial charge in [0.15, 0.2) is 11.5 Å². The molecule has 0 aliphatic carbocycles. The van der Waals surface area contributed by atoms with E-state index in [9.17, 15) is 10.2 Å². The molecule has 0 atom stereocenters. The van der Waals surface area contributed by atoms with Gasteiger partial charge in [-0.3, -0.25) is 0 Å². The molecule has 1 aromatic rings. The average molecular weight is 240 g/mol. The summed E-state index contributed by atoms with van der Waals surface area (Å²) in [6, 6.07) is 2.95. The van der Waals surface area contributed by atoms with Crippen LogP contribution in [0.2, 0.25) is 0 Å². The van der Waals surface area contributed by atoms with Crippen molar-refractivity contribution in [2.24, 2.45) is 0 Å². The summed E-state index contributed by atoms with van der Waals surface area (Å²) in [4.78, 5) is 2.17. The number of phenolic OH excluding ortho intramolecular Hbond substituents is 3. The SMILES string of the molecule is CCN(C)CCNCc1ccc(O)c(O)c1O. The number of phenols is 3. The number of benzene rings is 1. The molecule has 0 heterocycles. The predicted octanol–water partition coefficient (Wildman–Crippen LogP) is 0.845. The lowest BCUT2D eigenvalue weighted by Crippen LogP contribution is -2.28. The molecule has 4 N–H and O–H groups in total. The van der Waals surface area contributed by atoms with Crippen LogP contribution < -0.4 is 5.32 Å². The van der Waals surface area contributed by atoms with Crippen molar-refractivity contribution in [2.45, 2.75) is 13.5 Å². The van der Waals surface area contributed by atoms with Crippen LogP contribution in [0, 0.1) is 0 Å². The molecule has 0 aliphatic heterocycles. The normalized spacial score (nSPS) is 11.0. The first-order valence-electron chi connectivity index (χ1n) is 5.68. The Hall–Kier alpha value is -1.46. The van der Waals surface area contributed by atoms with Crippen molar-refractivity contribution in [3.8, 4) is 17.2 Å². The van der Waals surface area contributed by atoms with Crippen LogP contribution in [-0.2, 0) is 6.54 Å². The fourth-order valence-corrected chi connectivity index (χ4v) is 1.40. The fourth-order valence-electron chi connectivity index (χ4n) is 1.40. The standard InChI is InChI=1S/C12H20N2O3/c1-3-14(2)7-6-13-8-9-4-5-10(15)12(17)11(9)16/h4-5,13,15-17H,3,6-8H2,1-2H3. The number of likely N-dealkylation sites (N-methyl/N-ethyl adjacent to an activating group) is 1. The van der Waals surface area contributed by atoms with Crippen LogP contribution in [0.1, 0.15) is 12.5 Å². The largest absolute Gasteiger partial charge is 0.504 e. The van der Waals surface area contributed by atoms with Crippen molar-refractivity contribution < 1.29 is 15.3 Å². The number of nitrogens with zero attached hydrogens (tertiary/aromatic N) is 1. The van der Waals surface area contributed by atoms with E-state index >= 15 is 0 Å². The van der Waals surface area contributed by atoms with Gasteiger partial charge in [0.05, 0.1) is 0 Å². The van der Waals surface area contributed by atoms with Gasteiger partial charge in [0.25, 0.3) is 0 Å². The number of hydrogen-bond donors (Lipinski definition) is 4. The first kappa shape index (κ1) is 13.6. The Labute approximate surface area is 101 Å². The van der Waals surface area contributed by atoms with E-state index in [0.717, 1.165) is 19.6 Å². The summed E-state index contributed by atoms with van der Waals surface area (Å²) < 4.78 is 0. The lowest BCUT2D eigenvalue weighted by atomic mass is 10.1. The molecule has 0 saturated heterocycles. The zero-order valence-electron chi connectivity index (χ0n) is 10.3. The van der Waals surface area contributed by atoms with Gasteiger partial charge < -0.3 is 25.5 Å². The number of nitrogens with one attached hydrogen (secondary N) is 1. The first-order valence-corrected chi connectivity index (χ1v) is 5.68. The highest BCUT2D eigenvalue weighted by Crippen LogP contribution is 2.36. The van der Waals surface area contributed by atoms with Gasteiger partial charge in [0.2, 0.25) is 5.75 Å². The molecule has 17 heavy (non-hydrogen) atoms. The Morgan fingerprint density at radius 2 is 1.88 bits per heavy atom. The van der Waals surface area contributed by atoms with Crippen LogP contribution in [-0.4, -0.2) is 46.9 Å². The smallest absolute Gasteiger partial charge is 0.200 e. The molecular formula is C12H20N2O3. The summed E-state index contributed by atoms with van der Waals surface area (Å²) in [5.74, 6) is -1.03. The summed E-state index contributed by atoms with van der Waals surface area (Å²) in [6.45, 7) is 5.25. The van der Waals surface area contributed by atoms with Crippen LogP contribution in [0.15, 0.2) is 12.1 Å². The highest BCUT2D eigenvalue weighted by Gasteiger charge is 2.10. The first-order chi connectivity index (χ1) is 8.06. The molecule has 0 amide bonds. The van der Waals surface area contributed by atoms with E-state index in [4.69, 9.17) is 5.11 Å². The summed E-state index contributed by atoms with van der Waals surface area (Å²) in [6.07, 6.45) is 0. The zero-order valence-corrected chi connectivity index (χ0v) is 10.3. The molecule has 0 fully saturated rings. The summed E-state index contributed by atoms with van der Waals surface area (Å²) in [5, 5.41) is 31.2. The van der Waals surface area contributed by atoms with E-state index in [1.807, 2.05) is 7.05 Å². The van der Waals surface area contributed by atoms with E-state index < -0.39 is 5.75 Å². The third-order valence-electron chi connectivity index (χ3n) is 2.74. The summed E-state index contributed by atoms with van der Waals surface area (Å²) >= 11 is 0. The molecule has 0 unspecified atom stereocenters. The van der Waals surface area contributed by atoms with Crippen molar-refractivity contribution in [3.05, 3.63) is 17.7 Å². The van der Waals surface area contributed by atoms with Gasteiger partial charge in [0.1, 0.15) is 0 Å². The Morgan fingerprint density at radius 3 is 2.53 bits per heavy atom. The molecule has 0 radical (unpaired) electrons. The zero-order chi connectivity index (χ0) is 12.8. The Morgan fingerprint density at radius 1 is 1.18 bits per heavy atom. The van der Waals surface area contributed by atoms with Gasteiger partial charge >= 0.3 is 0 Å². The topological polar surface area (TPSA) is 76.0 Å². The second-order valence-electron chi connectivity index (χ2n) is 4.01. The predicted molar refractivity (Wildman–Crippen MR) is 66.3 cm³/mol. The van der Waals surface area contributed by atoms with Gasteiger partial charge in [-0.1, -0.05) is 13.0 Å². The Bertz CT molecular complexity index is 369. The molecule has 0 spiro atoms. The second kappa shape index (κ2) is 6.32. The number of hydrogen-bond acceptors (Lipinski definition) is 5. The van der Waals surface area contributed by atoms with Crippen molar-refractivity contribution in [3.63, 3.8) is 0 Å². The van der Waals surface area contributed by atoms with E-state index in [1.165, 1.54) is 6.07 Å². The number of rotatable bonds is 6. The second-order valence-corrected chi connectivity index (χ2v) is 4.01. The van der Waals surface area contributed by atoms with Crippen LogP contribution in [0.25, 0.3) is 0 Å². The van der Waals surface area contributed by atoms with Gasteiger partial charge in [-0.15, -0.1) is 0 Å². The third kappa shape index (κ3) is 3.80. The molecule has 1 aromatic carbocycles. The quantitative estimate of drug-likeness (QED) is 0.438. The molecule has 5 heteroatoms. The van der Waals surface area contributed by atoms with Crippen LogP contribution in [0.4, 0.5) is 0 Å². The van der Waals surface area contributed by atoms with Gasteiger partial charge in [-0.2, -0.15) is 0 Å². The molecule has 0 saturated carbocycles. The maximum Gasteiger partial charge on any atom is 0.200 e. The molecule has 0 aliphatic rings. The van der Waals surface area contributed by atoms with Crippen LogP contribution >= 0.6 is 0 Å². The maximum absolute atomic E-state index is 9.57. The molecule has 96 valence electrons. The molecule has 0 aromatic heterocycles. The lowest BCUT2D eigenvalue weighted by Gasteiger charge is -2.14. The van der Waals surface area contributed by atoms with E-state index in [-0.39, 0.29) is 11.5 Å². The fraction of sp³-hybridized carbons (Fsp3) is 0.500. The van der Waals surface area contributed by atoms with Gasteiger partial charge in [-0.25, -0.2) is 0 Å². The highest BCUT2D eigenvalue weighted by molar-refractivity contribution is 5.52. The van der Waals surface area contributed by atoms with E-state index in [1.54, 1.807) is 6.07 Å². The van der Waals surface area contributed by atoms with Crippen molar-refractivity contribution >= 4 is 0 Å². The molecular weight excluding hydrogens is 220 g/mol. The van der Waals surface area contributed by atoms with Gasteiger partial charge in [-0.05, 0) is 19.7 Å². The average Bonchev–Trinajstić information content (AvgIpc) is 2.33. The molecule has 5 nitrogen and oxygen atoms in total. The Balaban J connectivity index is 2.45. The van der Waals surface area contributed by atoms with Crippen molar-refractivity contribution in [1.29, 1.82) is 0 Å². The maximum atomic E-state index is 9.57. The summed E-state index contributed by atoms with van der Waals surface area (Å²) in [7, 11) is 2.03. The van der Waals surface area contributed by atoms with Crippen LogP contribution in [0.5, 0.6) is 17.2 Å². The monoisotopic (exact) mass is 240 g/mol. The molecule has 1 rings (SSSR count). The van der Waals surface area contributed by atoms with Gasteiger partial charge in [0, 0.05) is 25.2 Å². The van der Waals surface area contributed by atoms with E-state index in [2.05, 4.69) is 17.1 Å². The summed E-state index contributed by atoms with van der Waals surface area (Å²) in [5.41, 5.74) is 0.569. The van der Waals surface area contributed by atoms with Crippen molar-refractivity contribution in [1.82, 2.24) is 10.2 Å². The highest BCUT2D eigenvalue weighted by atomic mass is 16.3. The third-order valence-corrected chi connectivity index (χ3v) is 2.74. The molecule has 0 bridgehead atoms. The van der Waals surface area contributed by atoms with Crippen molar-refractivity contribution in [2.75, 3.05) is 26.7 Å². The number of aromatic hydroxyl groups is 3. The van der Waals surface area contributed by atoms with Crippen LogP contribution in [0.3, 0.4) is 0 Å². The minimum Gasteiger partial charge on any atom is -0.504 e. The lowest BCUT2D eigenvalue weighted by molar-refractivity contribution is 0.346. The van der Waals surface area contributed by atoms with E-state index in [0.29, 0.717) is 12.1 Å². The minimum absolute atomic E-state index is 0.263. The minimum atomic E-state index is -0.463. The Kier molecular flexibility index (Phi) is 5.06.